The molecule has 1 N–H and O–H groups in total. The largest absolute Gasteiger partial charge is 0.326 e. The van der Waals surface area contributed by atoms with E-state index in [0.717, 1.165) is 22.3 Å². The second-order valence-corrected chi connectivity index (χ2v) is 10.1. The van der Waals surface area contributed by atoms with Crippen LogP contribution in [-0.2, 0) is 14.8 Å². The van der Waals surface area contributed by atoms with Crippen molar-refractivity contribution < 1.29 is 13.2 Å². The van der Waals surface area contributed by atoms with Crippen LogP contribution in [-0.4, -0.2) is 31.7 Å². The summed E-state index contributed by atoms with van der Waals surface area (Å²) in [5.41, 5.74) is 4.10. The molecule has 1 fully saturated rings. The maximum atomic E-state index is 13.2. The summed E-state index contributed by atoms with van der Waals surface area (Å²) in [6.07, 6.45) is 0.989. The molecular formula is C22H27ClN2O3S. The number of hydrogen-bond donors (Lipinski definition) is 1. The van der Waals surface area contributed by atoms with Crippen molar-refractivity contribution in [1.29, 1.82) is 0 Å². The van der Waals surface area contributed by atoms with Gasteiger partial charge in [-0.15, -0.1) is 0 Å². The summed E-state index contributed by atoms with van der Waals surface area (Å²) in [5, 5.41) is 3.54. The van der Waals surface area contributed by atoms with Crippen LogP contribution < -0.4 is 5.32 Å². The zero-order chi connectivity index (χ0) is 21.3. The number of benzene rings is 2. The Morgan fingerprint density at radius 3 is 2.24 bits per heavy atom. The number of nitrogens with zero attached hydrogens (tertiary/aromatic N) is 1. The van der Waals surface area contributed by atoms with Gasteiger partial charge < -0.3 is 5.32 Å². The summed E-state index contributed by atoms with van der Waals surface area (Å²) >= 11 is 6.12. The number of aryl methyl sites for hydroxylation is 3. The van der Waals surface area contributed by atoms with Gasteiger partial charge in [0, 0.05) is 29.7 Å². The first kappa shape index (κ1) is 21.8. The van der Waals surface area contributed by atoms with Crippen molar-refractivity contribution in [2.24, 2.45) is 5.92 Å². The molecule has 0 aliphatic carbocycles. The molecule has 29 heavy (non-hydrogen) atoms. The first-order valence-corrected chi connectivity index (χ1v) is 11.6. The Labute approximate surface area is 178 Å². The minimum atomic E-state index is -3.58. The number of rotatable bonds is 4. The third kappa shape index (κ3) is 4.49. The van der Waals surface area contributed by atoms with Gasteiger partial charge in [-0.05, 0) is 69.4 Å². The number of nitrogens with one attached hydrogen (secondary N) is 1. The van der Waals surface area contributed by atoms with Crippen LogP contribution in [0.15, 0.2) is 35.2 Å². The van der Waals surface area contributed by atoms with Gasteiger partial charge in [0.1, 0.15) is 0 Å². The molecule has 0 radical (unpaired) electrons. The quantitative estimate of drug-likeness (QED) is 0.763. The summed E-state index contributed by atoms with van der Waals surface area (Å²) in [4.78, 5) is 13.1. The highest BCUT2D eigenvalue weighted by molar-refractivity contribution is 7.89. The summed E-state index contributed by atoms with van der Waals surface area (Å²) < 4.78 is 27.9. The molecule has 1 aliphatic heterocycles. The van der Waals surface area contributed by atoms with Gasteiger partial charge in [0.05, 0.1) is 4.90 Å². The van der Waals surface area contributed by atoms with Crippen molar-refractivity contribution in [3.8, 4) is 0 Å². The summed E-state index contributed by atoms with van der Waals surface area (Å²) in [7, 11) is -3.58. The molecule has 0 atom stereocenters. The van der Waals surface area contributed by atoms with E-state index in [2.05, 4.69) is 5.32 Å². The number of carbonyl (C=O) groups is 1. The highest BCUT2D eigenvalue weighted by Gasteiger charge is 2.33. The first-order chi connectivity index (χ1) is 13.6. The van der Waals surface area contributed by atoms with Crippen LogP contribution in [0.3, 0.4) is 0 Å². The molecule has 2 aromatic rings. The van der Waals surface area contributed by atoms with Gasteiger partial charge in [0.25, 0.3) is 0 Å². The molecule has 1 amide bonds. The lowest BCUT2D eigenvalue weighted by Gasteiger charge is -2.31. The number of sulfonamides is 1. The van der Waals surface area contributed by atoms with Gasteiger partial charge in [-0.3, -0.25) is 4.79 Å². The van der Waals surface area contributed by atoms with Gasteiger partial charge in [0.2, 0.25) is 15.9 Å². The molecular weight excluding hydrogens is 408 g/mol. The van der Waals surface area contributed by atoms with E-state index < -0.39 is 10.0 Å². The maximum Gasteiger partial charge on any atom is 0.243 e. The zero-order valence-electron chi connectivity index (χ0n) is 17.3. The molecule has 1 heterocycles. The van der Waals surface area contributed by atoms with Gasteiger partial charge in [-0.2, -0.15) is 4.31 Å². The third-order valence-corrected chi connectivity index (χ3v) is 8.17. The van der Waals surface area contributed by atoms with E-state index >= 15 is 0 Å². The smallest absolute Gasteiger partial charge is 0.243 e. The van der Waals surface area contributed by atoms with Crippen molar-refractivity contribution in [2.45, 2.75) is 45.4 Å². The summed E-state index contributed by atoms with van der Waals surface area (Å²) in [6.45, 7) is 8.16. The number of amides is 1. The molecule has 3 rings (SSSR count). The van der Waals surface area contributed by atoms with Gasteiger partial charge >= 0.3 is 0 Å². The number of halogens is 1. The van der Waals surface area contributed by atoms with Gasteiger partial charge in [-0.25, -0.2) is 8.42 Å². The van der Waals surface area contributed by atoms with E-state index in [1.807, 2.05) is 45.9 Å². The molecule has 156 valence electrons. The third-order valence-electron chi connectivity index (χ3n) is 5.55. The summed E-state index contributed by atoms with van der Waals surface area (Å²) in [5.74, 6) is -0.310. The molecule has 0 bridgehead atoms. The maximum absolute atomic E-state index is 13.2. The van der Waals surface area contributed by atoms with Crippen LogP contribution in [0.4, 0.5) is 5.69 Å². The molecule has 0 aromatic heterocycles. The fraction of sp³-hybridized carbons (Fsp3) is 0.409. The van der Waals surface area contributed by atoms with Crippen molar-refractivity contribution in [3.05, 3.63) is 57.6 Å². The first-order valence-electron chi connectivity index (χ1n) is 9.75. The fourth-order valence-electron chi connectivity index (χ4n) is 4.04. The van der Waals surface area contributed by atoms with E-state index in [9.17, 15) is 13.2 Å². The van der Waals surface area contributed by atoms with E-state index in [1.165, 1.54) is 4.31 Å². The van der Waals surface area contributed by atoms with Crippen molar-refractivity contribution in [2.75, 3.05) is 18.4 Å². The molecule has 1 aliphatic rings. The number of hydrogen-bond acceptors (Lipinski definition) is 3. The van der Waals surface area contributed by atoms with Crippen LogP contribution in [0.2, 0.25) is 5.02 Å². The monoisotopic (exact) mass is 434 g/mol. The lowest BCUT2D eigenvalue weighted by atomic mass is 9.97. The minimum Gasteiger partial charge on any atom is -0.326 e. The second-order valence-electron chi connectivity index (χ2n) is 7.81. The Morgan fingerprint density at radius 1 is 1.07 bits per heavy atom. The van der Waals surface area contributed by atoms with Gasteiger partial charge in [-0.1, -0.05) is 35.4 Å². The van der Waals surface area contributed by atoms with Crippen LogP contribution in [0.25, 0.3) is 0 Å². The van der Waals surface area contributed by atoms with Crippen molar-refractivity contribution >= 4 is 33.2 Å². The molecule has 7 heteroatoms. The number of piperidine rings is 1. The van der Waals surface area contributed by atoms with Gasteiger partial charge in [0.15, 0.2) is 0 Å². The Hall–Kier alpha value is -1.89. The minimum absolute atomic E-state index is 0.0879. The summed E-state index contributed by atoms with van der Waals surface area (Å²) in [6, 6.07) is 9.19. The average Bonchev–Trinajstić information content (AvgIpc) is 2.64. The lowest BCUT2D eigenvalue weighted by molar-refractivity contribution is -0.120. The Morgan fingerprint density at radius 2 is 1.66 bits per heavy atom. The van der Waals surface area contributed by atoms with E-state index in [-0.39, 0.29) is 11.8 Å². The highest BCUT2D eigenvalue weighted by atomic mass is 35.5. The Bertz CT molecular complexity index is 1020. The van der Waals surface area contributed by atoms with E-state index in [4.69, 9.17) is 11.6 Å². The van der Waals surface area contributed by atoms with Crippen LogP contribution in [0.1, 0.15) is 35.1 Å². The molecule has 0 saturated carbocycles. The zero-order valence-corrected chi connectivity index (χ0v) is 18.8. The normalized spacial score (nSPS) is 16.0. The van der Waals surface area contributed by atoms with Crippen molar-refractivity contribution in [1.82, 2.24) is 4.31 Å². The van der Waals surface area contributed by atoms with Crippen LogP contribution in [0.5, 0.6) is 0 Å². The molecule has 1 saturated heterocycles. The highest BCUT2D eigenvalue weighted by Crippen LogP contribution is 2.30. The average molecular weight is 435 g/mol. The van der Waals surface area contributed by atoms with Crippen LogP contribution in [0, 0.1) is 33.6 Å². The standard InChI is InChI=1S/C22H27ClN2O3S/c1-14-12-15(2)21(16(3)13-14)29(27,28)25-10-8-18(9-11-25)22(26)24-20-7-5-6-19(23)17(20)4/h5-7,12-13,18H,8-11H2,1-4H3,(H,24,26). The SMILES string of the molecule is Cc1cc(C)c(S(=O)(=O)N2CCC(C(=O)Nc3cccc(Cl)c3C)CC2)c(C)c1. The van der Waals surface area contributed by atoms with Crippen LogP contribution >= 0.6 is 11.6 Å². The molecule has 0 spiro atoms. The molecule has 2 aromatic carbocycles. The predicted octanol–water partition coefficient (Wildman–Crippen LogP) is 4.61. The van der Waals surface area contributed by atoms with E-state index in [0.29, 0.717) is 41.5 Å². The predicted molar refractivity (Wildman–Crippen MR) is 117 cm³/mol. The molecule has 0 unspecified atom stereocenters. The topological polar surface area (TPSA) is 66.5 Å². The van der Waals surface area contributed by atoms with Crippen molar-refractivity contribution in [3.63, 3.8) is 0 Å². The van der Waals surface area contributed by atoms with E-state index in [1.54, 1.807) is 12.1 Å². The lowest BCUT2D eigenvalue weighted by Crippen LogP contribution is -2.41. The second kappa shape index (κ2) is 8.46. The number of anilines is 1. The fourth-order valence-corrected chi connectivity index (χ4v) is 6.09. The Kier molecular flexibility index (Phi) is 6.36. The Balaban J connectivity index is 1.70. The number of carbonyl (C=O) groups excluding carboxylic acids is 1. The molecule has 5 nitrogen and oxygen atoms in total.